The maximum absolute atomic E-state index is 3.21. The highest BCUT2D eigenvalue weighted by atomic mass is 14.9. The minimum Gasteiger partial charge on any atom is -0.307 e. The number of nitrogens with one attached hydrogen (secondary N) is 1. The van der Waals surface area contributed by atoms with Crippen molar-refractivity contribution in [2.45, 2.75) is 26.8 Å². The summed E-state index contributed by atoms with van der Waals surface area (Å²) >= 11 is 0. The molecule has 0 bridgehead atoms. The summed E-state index contributed by atoms with van der Waals surface area (Å²) in [6, 6.07) is 0.616. The smallest absolute Gasteiger partial charge is 0.0225 e. The van der Waals surface area contributed by atoms with Crippen LogP contribution in [0.3, 0.4) is 0 Å². The molecular weight excluding hydrogens is 98.1 g/mol. The van der Waals surface area contributed by atoms with Crippen LogP contribution in [0.5, 0.6) is 0 Å². The minimum absolute atomic E-state index is 0.616. The van der Waals surface area contributed by atoms with Gasteiger partial charge in [0, 0.05) is 12.6 Å². The molecule has 1 aliphatic rings. The Labute approximate surface area is 51.8 Å². The van der Waals surface area contributed by atoms with E-state index >= 15 is 0 Å². The summed E-state index contributed by atoms with van der Waals surface area (Å²) in [5, 5.41) is 3.21. The fourth-order valence-electron chi connectivity index (χ4n) is 0.594. The second-order valence-corrected chi connectivity index (χ2v) is 1.63. The Balaban J connectivity index is 0.000000222. The summed E-state index contributed by atoms with van der Waals surface area (Å²) in [6.07, 6.45) is 4.31. The van der Waals surface area contributed by atoms with Crippen molar-refractivity contribution in [1.82, 2.24) is 5.32 Å². The molecule has 1 nitrogen and oxygen atoms in total. The second kappa shape index (κ2) is 4.85. The van der Waals surface area contributed by atoms with E-state index in [0.29, 0.717) is 6.04 Å². The van der Waals surface area contributed by atoms with Crippen molar-refractivity contribution in [2.24, 2.45) is 0 Å². The van der Waals surface area contributed by atoms with Crippen LogP contribution in [0.25, 0.3) is 0 Å². The third-order valence-corrected chi connectivity index (χ3v) is 0.982. The van der Waals surface area contributed by atoms with Gasteiger partial charge in [-0.2, -0.15) is 0 Å². The van der Waals surface area contributed by atoms with Crippen LogP contribution in [-0.4, -0.2) is 12.6 Å². The van der Waals surface area contributed by atoms with Crippen molar-refractivity contribution in [3.05, 3.63) is 12.2 Å². The Morgan fingerprint density at radius 1 is 1.50 bits per heavy atom. The molecule has 0 spiro atoms. The molecule has 1 aliphatic heterocycles. The lowest BCUT2D eigenvalue weighted by Crippen LogP contribution is -2.17. The molecule has 0 fully saturated rings. The standard InChI is InChI=1S/C5H9N.C2H6/c1-5-3-2-4-6-5;1-2/h2-3,5-6H,4H2,1H3;1-2H3. The maximum Gasteiger partial charge on any atom is 0.0225 e. The van der Waals surface area contributed by atoms with Gasteiger partial charge in [-0.3, -0.25) is 0 Å². The van der Waals surface area contributed by atoms with E-state index in [-0.39, 0.29) is 0 Å². The molecule has 8 heavy (non-hydrogen) atoms. The maximum atomic E-state index is 3.21. The Kier molecular flexibility index (Phi) is 4.67. The summed E-state index contributed by atoms with van der Waals surface area (Å²) in [6.45, 7) is 7.20. The highest BCUT2D eigenvalue weighted by Gasteiger charge is 1.96. The van der Waals surface area contributed by atoms with Gasteiger partial charge in [-0.15, -0.1) is 0 Å². The average molecular weight is 113 g/mol. The van der Waals surface area contributed by atoms with Crippen molar-refractivity contribution < 1.29 is 0 Å². The van der Waals surface area contributed by atoms with Gasteiger partial charge >= 0.3 is 0 Å². The zero-order valence-corrected chi connectivity index (χ0v) is 5.94. The zero-order chi connectivity index (χ0) is 6.41. The van der Waals surface area contributed by atoms with Gasteiger partial charge in [0.25, 0.3) is 0 Å². The van der Waals surface area contributed by atoms with Crippen molar-refractivity contribution in [3.63, 3.8) is 0 Å². The van der Waals surface area contributed by atoms with Crippen LogP contribution in [0.15, 0.2) is 12.2 Å². The van der Waals surface area contributed by atoms with Gasteiger partial charge in [0.1, 0.15) is 0 Å². The van der Waals surface area contributed by atoms with Gasteiger partial charge in [0.15, 0.2) is 0 Å². The van der Waals surface area contributed by atoms with Crippen LogP contribution in [0.4, 0.5) is 0 Å². The van der Waals surface area contributed by atoms with E-state index in [4.69, 9.17) is 0 Å². The van der Waals surface area contributed by atoms with Gasteiger partial charge in [-0.1, -0.05) is 26.0 Å². The number of hydrogen-bond acceptors (Lipinski definition) is 1. The molecule has 0 aromatic heterocycles. The van der Waals surface area contributed by atoms with Crippen LogP contribution in [0.1, 0.15) is 20.8 Å². The average Bonchev–Trinajstić information content (AvgIpc) is 2.24. The zero-order valence-electron chi connectivity index (χ0n) is 5.94. The molecule has 0 aromatic carbocycles. The first-order valence-electron chi connectivity index (χ1n) is 3.29. The number of hydrogen-bond donors (Lipinski definition) is 1. The van der Waals surface area contributed by atoms with E-state index in [0.717, 1.165) is 6.54 Å². The van der Waals surface area contributed by atoms with Crippen LogP contribution < -0.4 is 5.32 Å². The third kappa shape index (κ3) is 2.80. The lowest BCUT2D eigenvalue weighted by atomic mass is 10.4. The molecule has 1 N–H and O–H groups in total. The Morgan fingerprint density at radius 2 is 2.12 bits per heavy atom. The summed E-state index contributed by atoms with van der Waals surface area (Å²) in [5.74, 6) is 0. The molecule has 1 heterocycles. The van der Waals surface area contributed by atoms with E-state index in [1.54, 1.807) is 0 Å². The topological polar surface area (TPSA) is 12.0 Å². The number of rotatable bonds is 0. The molecule has 1 atom stereocenters. The summed E-state index contributed by atoms with van der Waals surface area (Å²) in [5.41, 5.74) is 0. The van der Waals surface area contributed by atoms with Crippen molar-refractivity contribution in [1.29, 1.82) is 0 Å². The Morgan fingerprint density at radius 3 is 2.25 bits per heavy atom. The van der Waals surface area contributed by atoms with Crippen LogP contribution in [0, 0.1) is 0 Å². The van der Waals surface area contributed by atoms with Gasteiger partial charge < -0.3 is 5.32 Å². The second-order valence-electron chi connectivity index (χ2n) is 1.63. The highest BCUT2D eigenvalue weighted by molar-refractivity contribution is 4.99. The largest absolute Gasteiger partial charge is 0.307 e. The Hall–Kier alpha value is -0.300. The molecular formula is C7H15N. The fraction of sp³-hybridized carbons (Fsp3) is 0.714. The van der Waals surface area contributed by atoms with Gasteiger partial charge in [-0.05, 0) is 6.92 Å². The molecule has 0 saturated heterocycles. The van der Waals surface area contributed by atoms with Gasteiger partial charge in [0.2, 0.25) is 0 Å². The van der Waals surface area contributed by atoms with Gasteiger partial charge in [-0.25, -0.2) is 0 Å². The lowest BCUT2D eigenvalue weighted by Gasteiger charge is -1.94. The predicted molar refractivity (Wildman–Crippen MR) is 38.0 cm³/mol. The highest BCUT2D eigenvalue weighted by Crippen LogP contribution is 1.89. The fourth-order valence-corrected chi connectivity index (χ4v) is 0.594. The van der Waals surface area contributed by atoms with Gasteiger partial charge in [0.05, 0.1) is 0 Å². The summed E-state index contributed by atoms with van der Waals surface area (Å²) in [4.78, 5) is 0. The molecule has 0 aliphatic carbocycles. The van der Waals surface area contributed by atoms with E-state index in [2.05, 4.69) is 24.4 Å². The summed E-state index contributed by atoms with van der Waals surface area (Å²) < 4.78 is 0. The first-order valence-corrected chi connectivity index (χ1v) is 3.29. The molecule has 0 saturated carbocycles. The molecule has 48 valence electrons. The van der Waals surface area contributed by atoms with E-state index in [1.807, 2.05) is 13.8 Å². The lowest BCUT2D eigenvalue weighted by molar-refractivity contribution is 0.726. The third-order valence-electron chi connectivity index (χ3n) is 0.982. The quantitative estimate of drug-likeness (QED) is 0.470. The van der Waals surface area contributed by atoms with E-state index < -0.39 is 0 Å². The van der Waals surface area contributed by atoms with Crippen molar-refractivity contribution in [3.8, 4) is 0 Å². The summed E-state index contributed by atoms with van der Waals surface area (Å²) in [7, 11) is 0. The first-order chi connectivity index (χ1) is 3.89. The van der Waals surface area contributed by atoms with E-state index in [1.165, 1.54) is 0 Å². The Bertz CT molecular complexity index is 66.8. The van der Waals surface area contributed by atoms with Crippen molar-refractivity contribution in [2.75, 3.05) is 6.54 Å². The predicted octanol–water partition coefficient (Wildman–Crippen LogP) is 1.56. The molecule has 0 amide bonds. The molecule has 0 aromatic rings. The molecule has 0 radical (unpaired) electrons. The SMILES string of the molecule is CC.CC1C=CCN1. The minimum atomic E-state index is 0.616. The van der Waals surface area contributed by atoms with Crippen LogP contribution in [-0.2, 0) is 0 Å². The first kappa shape index (κ1) is 7.70. The van der Waals surface area contributed by atoms with E-state index in [9.17, 15) is 0 Å². The van der Waals surface area contributed by atoms with Crippen LogP contribution in [0.2, 0.25) is 0 Å². The molecule has 1 heteroatoms. The molecule has 1 unspecified atom stereocenters. The van der Waals surface area contributed by atoms with Crippen LogP contribution >= 0.6 is 0 Å². The normalized spacial score (nSPS) is 24.6. The van der Waals surface area contributed by atoms with Crippen molar-refractivity contribution >= 4 is 0 Å². The molecule has 1 rings (SSSR count). The monoisotopic (exact) mass is 113 g/mol.